The molecule has 0 amide bonds. The van der Waals surface area contributed by atoms with E-state index in [4.69, 9.17) is 46.4 Å². The number of alkyl halides is 3. The zero-order chi connectivity index (χ0) is 7.49. The third-order valence-corrected chi connectivity index (χ3v) is 2.36. The van der Waals surface area contributed by atoms with Gasteiger partial charge in [-0.1, -0.05) is 46.6 Å². The Labute approximate surface area is 77.0 Å². The SMILES string of the molecule is O=C(Cl)SCC(Cl)(Cl)Cl. The molecule has 6 heteroatoms. The lowest BCUT2D eigenvalue weighted by atomic mass is 10.9. The molecule has 0 saturated heterocycles. The molecule has 0 spiro atoms. The number of carbonyl (C=O) groups excluding carboxylic acids is 1. The van der Waals surface area contributed by atoms with Crippen molar-refractivity contribution in [3.8, 4) is 0 Å². The summed E-state index contributed by atoms with van der Waals surface area (Å²) in [6.07, 6.45) is 0. The van der Waals surface area contributed by atoms with E-state index in [1.165, 1.54) is 0 Å². The van der Waals surface area contributed by atoms with E-state index in [0.29, 0.717) is 0 Å². The minimum absolute atomic E-state index is 0.0833. The summed E-state index contributed by atoms with van der Waals surface area (Å²) in [4.78, 5) is 10.0. The molecule has 0 rings (SSSR count). The molecule has 1 nitrogen and oxygen atoms in total. The van der Waals surface area contributed by atoms with Crippen LogP contribution in [0.1, 0.15) is 0 Å². The summed E-state index contributed by atoms with van der Waals surface area (Å²) in [5.74, 6) is 0.0833. The first kappa shape index (κ1) is 10.2. The zero-order valence-corrected chi connectivity index (χ0v) is 7.88. The van der Waals surface area contributed by atoms with E-state index in [1.54, 1.807) is 0 Å². The first-order valence-electron chi connectivity index (χ1n) is 1.81. The van der Waals surface area contributed by atoms with Crippen molar-refractivity contribution in [1.29, 1.82) is 0 Å². The maximum atomic E-state index is 10.0. The lowest BCUT2D eigenvalue weighted by molar-refractivity contribution is 0.276. The van der Waals surface area contributed by atoms with Crippen molar-refractivity contribution in [2.24, 2.45) is 0 Å². The van der Waals surface area contributed by atoms with Crippen LogP contribution in [-0.2, 0) is 0 Å². The Morgan fingerprint density at radius 3 is 2.00 bits per heavy atom. The van der Waals surface area contributed by atoms with E-state index in [-0.39, 0.29) is 5.75 Å². The quantitative estimate of drug-likeness (QED) is 0.504. The number of hydrogen-bond donors (Lipinski definition) is 0. The molecule has 0 aliphatic carbocycles. The van der Waals surface area contributed by atoms with Crippen LogP contribution in [0.25, 0.3) is 0 Å². The predicted octanol–water partition coefficient (Wildman–Crippen LogP) is 3.45. The standard InChI is InChI=1S/C3H2Cl4OS/c4-2(8)9-1-3(5,6)7/h1H2. The van der Waals surface area contributed by atoms with E-state index in [1.807, 2.05) is 0 Å². The average Bonchev–Trinajstić information content (AvgIpc) is 1.59. The number of hydrogen-bond acceptors (Lipinski definition) is 2. The molecule has 0 bridgehead atoms. The first-order chi connectivity index (χ1) is 3.92. The smallest absolute Gasteiger partial charge is 0.268 e. The number of carbonyl (C=O) groups is 1. The van der Waals surface area contributed by atoms with Crippen molar-refractivity contribution in [2.75, 3.05) is 5.75 Å². The summed E-state index contributed by atoms with van der Waals surface area (Å²) in [6.45, 7) is 0. The molecule has 0 aliphatic rings. The van der Waals surface area contributed by atoms with E-state index in [0.717, 1.165) is 11.8 Å². The highest BCUT2D eigenvalue weighted by atomic mass is 35.6. The minimum atomic E-state index is -1.39. The van der Waals surface area contributed by atoms with Crippen molar-refractivity contribution < 1.29 is 4.79 Å². The molecular weight excluding hydrogens is 226 g/mol. The third kappa shape index (κ3) is 9.18. The van der Waals surface area contributed by atoms with Crippen LogP contribution in [0.15, 0.2) is 0 Å². The van der Waals surface area contributed by atoms with Crippen LogP contribution in [0, 0.1) is 0 Å². The van der Waals surface area contributed by atoms with Crippen molar-refractivity contribution in [1.82, 2.24) is 0 Å². The summed E-state index contributed by atoms with van der Waals surface area (Å²) < 4.78 is -1.96. The van der Waals surface area contributed by atoms with E-state index in [2.05, 4.69) is 0 Å². The van der Waals surface area contributed by atoms with Crippen LogP contribution in [0.2, 0.25) is 0 Å². The maximum absolute atomic E-state index is 10.0. The average molecular weight is 228 g/mol. The molecule has 54 valence electrons. The van der Waals surface area contributed by atoms with Crippen molar-refractivity contribution in [3.63, 3.8) is 0 Å². The molecule has 0 N–H and O–H groups in total. The Balaban J connectivity index is 3.39. The summed E-state index contributed by atoms with van der Waals surface area (Å²) in [7, 11) is 0. The van der Waals surface area contributed by atoms with Crippen molar-refractivity contribution in [2.45, 2.75) is 3.79 Å². The molecule has 0 atom stereocenters. The Bertz CT molecular complexity index is 109. The lowest BCUT2D eigenvalue weighted by Crippen LogP contribution is -2.05. The van der Waals surface area contributed by atoms with Gasteiger partial charge in [-0.3, -0.25) is 4.79 Å². The van der Waals surface area contributed by atoms with Crippen LogP contribution in [0.5, 0.6) is 0 Å². The van der Waals surface area contributed by atoms with Crippen LogP contribution >= 0.6 is 58.2 Å². The number of halogens is 4. The number of thioether (sulfide) groups is 1. The molecule has 0 radical (unpaired) electrons. The third-order valence-electron chi connectivity index (χ3n) is 0.349. The van der Waals surface area contributed by atoms with Crippen molar-refractivity contribution >= 4 is 62.7 Å². The topological polar surface area (TPSA) is 17.1 Å². The fourth-order valence-corrected chi connectivity index (χ4v) is 1.07. The largest absolute Gasteiger partial charge is 0.279 e. The molecule has 0 aromatic carbocycles. The maximum Gasteiger partial charge on any atom is 0.279 e. The van der Waals surface area contributed by atoms with Gasteiger partial charge in [0.2, 0.25) is 0 Å². The second kappa shape index (κ2) is 4.14. The van der Waals surface area contributed by atoms with Gasteiger partial charge in [0.05, 0.1) is 0 Å². The molecule has 0 saturated carbocycles. The summed E-state index contributed by atoms with van der Waals surface area (Å²) in [5.41, 5.74) is 0. The molecule has 0 fully saturated rings. The highest BCUT2D eigenvalue weighted by Gasteiger charge is 2.20. The highest BCUT2D eigenvalue weighted by molar-refractivity contribution is 8.16. The lowest BCUT2D eigenvalue weighted by Gasteiger charge is -2.05. The van der Waals surface area contributed by atoms with Crippen LogP contribution in [0.3, 0.4) is 0 Å². The van der Waals surface area contributed by atoms with Crippen LogP contribution in [-0.4, -0.2) is 14.1 Å². The van der Waals surface area contributed by atoms with Gasteiger partial charge >= 0.3 is 0 Å². The number of rotatable bonds is 1. The van der Waals surface area contributed by atoms with Gasteiger partial charge in [-0.15, -0.1) is 0 Å². The van der Waals surface area contributed by atoms with E-state index in [9.17, 15) is 4.79 Å². The van der Waals surface area contributed by atoms with Crippen LogP contribution in [0.4, 0.5) is 4.79 Å². The second-order valence-corrected chi connectivity index (χ2v) is 5.17. The first-order valence-corrected chi connectivity index (χ1v) is 4.30. The van der Waals surface area contributed by atoms with Gasteiger partial charge < -0.3 is 0 Å². The Hall–Kier alpha value is 1.18. The molecule has 0 aromatic heterocycles. The van der Waals surface area contributed by atoms with Gasteiger partial charge in [0.15, 0.2) is 3.79 Å². The molecule has 0 unspecified atom stereocenters. The summed E-state index contributed by atoms with van der Waals surface area (Å²) in [6, 6.07) is 0. The fraction of sp³-hybridized carbons (Fsp3) is 0.667. The predicted molar refractivity (Wildman–Crippen MR) is 44.0 cm³/mol. The minimum Gasteiger partial charge on any atom is -0.268 e. The van der Waals surface area contributed by atoms with Crippen LogP contribution < -0.4 is 0 Å². The van der Waals surface area contributed by atoms with Gasteiger partial charge in [0, 0.05) is 5.75 Å². The normalized spacial score (nSPS) is 11.6. The summed E-state index contributed by atoms with van der Waals surface area (Å²) >= 11 is 21.5. The van der Waals surface area contributed by atoms with E-state index >= 15 is 0 Å². The summed E-state index contributed by atoms with van der Waals surface area (Å²) in [5, 5.41) is 0. The van der Waals surface area contributed by atoms with Gasteiger partial charge in [0.25, 0.3) is 4.57 Å². The Morgan fingerprint density at radius 1 is 1.44 bits per heavy atom. The monoisotopic (exact) mass is 226 g/mol. The van der Waals surface area contributed by atoms with Gasteiger partial charge in [0.1, 0.15) is 0 Å². The molecule has 0 aliphatic heterocycles. The zero-order valence-electron chi connectivity index (χ0n) is 4.04. The molecule has 0 aromatic rings. The fourth-order valence-electron chi connectivity index (χ4n) is 0.139. The molecule has 9 heavy (non-hydrogen) atoms. The van der Waals surface area contributed by atoms with Gasteiger partial charge in [-0.05, 0) is 11.6 Å². The highest BCUT2D eigenvalue weighted by Crippen LogP contribution is 2.30. The van der Waals surface area contributed by atoms with Gasteiger partial charge in [-0.25, -0.2) is 0 Å². The molecular formula is C3H2Cl4OS. The van der Waals surface area contributed by atoms with Crippen molar-refractivity contribution in [3.05, 3.63) is 0 Å². The second-order valence-electron chi connectivity index (χ2n) is 1.14. The molecule has 0 heterocycles. The van der Waals surface area contributed by atoms with E-state index < -0.39 is 8.37 Å². The Kier molecular flexibility index (Phi) is 4.68. The van der Waals surface area contributed by atoms with Gasteiger partial charge in [-0.2, -0.15) is 0 Å². The Morgan fingerprint density at radius 2 is 1.89 bits per heavy atom.